The van der Waals surface area contributed by atoms with Gasteiger partial charge in [0.25, 0.3) is 0 Å². The maximum Gasteiger partial charge on any atom is 0.248 e. The van der Waals surface area contributed by atoms with Gasteiger partial charge >= 0.3 is 0 Å². The molecule has 1 atom stereocenters. The van der Waals surface area contributed by atoms with E-state index in [1.54, 1.807) is 0 Å². The fourth-order valence-corrected chi connectivity index (χ4v) is 3.27. The summed E-state index contributed by atoms with van der Waals surface area (Å²) in [5, 5.41) is 2.96. The van der Waals surface area contributed by atoms with Crippen LogP contribution in [0, 0.1) is 0 Å². The lowest BCUT2D eigenvalue weighted by Crippen LogP contribution is -2.41. The molecule has 0 spiro atoms. The van der Waals surface area contributed by atoms with Crippen molar-refractivity contribution in [3.05, 3.63) is 59.1 Å². The Balaban J connectivity index is 2.04. The minimum atomic E-state index is -3.86. The van der Waals surface area contributed by atoms with E-state index in [4.69, 9.17) is 17.3 Å². The molecule has 0 aliphatic rings. The molecule has 2 amide bonds. The molecule has 0 heterocycles. The van der Waals surface area contributed by atoms with E-state index >= 15 is 0 Å². The van der Waals surface area contributed by atoms with Gasteiger partial charge in [-0.05, 0) is 55.5 Å². The number of hydrogen-bond donors (Lipinski definition) is 3. The Morgan fingerprint density at radius 3 is 2.12 bits per heavy atom. The number of hydrogen-bond acceptors (Lipinski definition) is 4. The van der Waals surface area contributed by atoms with Crippen LogP contribution in [0.15, 0.2) is 53.4 Å². The molecule has 0 bridgehead atoms. The molecule has 4 N–H and O–H groups in total. The Morgan fingerprint density at radius 1 is 1.04 bits per heavy atom. The number of halogens is 1. The van der Waals surface area contributed by atoms with Crippen molar-refractivity contribution in [2.75, 3.05) is 5.32 Å². The minimum Gasteiger partial charge on any atom is -0.366 e. The molecule has 132 valence electrons. The molecule has 2 rings (SSSR count). The van der Waals surface area contributed by atoms with Gasteiger partial charge in [-0.15, -0.1) is 0 Å². The van der Waals surface area contributed by atoms with Gasteiger partial charge < -0.3 is 11.1 Å². The quantitative estimate of drug-likeness (QED) is 0.706. The van der Waals surface area contributed by atoms with Crippen molar-refractivity contribution in [1.29, 1.82) is 0 Å². The van der Waals surface area contributed by atoms with E-state index in [1.807, 2.05) is 0 Å². The lowest BCUT2D eigenvalue weighted by atomic mass is 10.2. The molecule has 9 heteroatoms. The molecular weight excluding hydrogens is 366 g/mol. The molecular formula is C16H16ClN3O4S. The highest BCUT2D eigenvalue weighted by atomic mass is 35.5. The fourth-order valence-electron chi connectivity index (χ4n) is 1.94. The maximum absolute atomic E-state index is 12.2. The first-order valence-electron chi connectivity index (χ1n) is 7.17. The third-order valence-corrected chi connectivity index (χ3v) is 5.09. The van der Waals surface area contributed by atoms with E-state index < -0.39 is 27.9 Å². The molecule has 25 heavy (non-hydrogen) atoms. The molecule has 0 aliphatic carbocycles. The highest BCUT2D eigenvalue weighted by Gasteiger charge is 2.22. The summed E-state index contributed by atoms with van der Waals surface area (Å²) < 4.78 is 26.8. The average Bonchev–Trinajstić information content (AvgIpc) is 2.55. The second-order valence-corrected chi connectivity index (χ2v) is 7.38. The van der Waals surface area contributed by atoms with Gasteiger partial charge in [-0.25, -0.2) is 8.42 Å². The molecule has 0 unspecified atom stereocenters. The van der Waals surface area contributed by atoms with Crippen LogP contribution in [0.3, 0.4) is 0 Å². The van der Waals surface area contributed by atoms with Crippen LogP contribution in [0.2, 0.25) is 5.02 Å². The molecule has 0 saturated carbocycles. The molecule has 7 nitrogen and oxygen atoms in total. The van der Waals surface area contributed by atoms with E-state index in [9.17, 15) is 18.0 Å². The Morgan fingerprint density at radius 2 is 1.60 bits per heavy atom. The van der Waals surface area contributed by atoms with Gasteiger partial charge in [0, 0.05) is 16.3 Å². The molecule has 2 aromatic carbocycles. The number of benzene rings is 2. The molecule has 0 saturated heterocycles. The molecule has 0 fully saturated rings. The smallest absolute Gasteiger partial charge is 0.248 e. The molecule has 2 aromatic rings. The summed E-state index contributed by atoms with van der Waals surface area (Å²) in [7, 11) is -3.86. The van der Waals surface area contributed by atoms with Crippen molar-refractivity contribution in [3.63, 3.8) is 0 Å². The first-order chi connectivity index (χ1) is 11.7. The van der Waals surface area contributed by atoms with E-state index in [0.29, 0.717) is 16.3 Å². The summed E-state index contributed by atoms with van der Waals surface area (Å²) >= 11 is 5.73. The first-order valence-corrected chi connectivity index (χ1v) is 9.04. The van der Waals surface area contributed by atoms with Crippen LogP contribution in [0.25, 0.3) is 0 Å². The zero-order valence-electron chi connectivity index (χ0n) is 13.2. The number of carbonyl (C=O) groups is 2. The van der Waals surface area contributed by atoms with Crippen LogP contribution in [-0.2, 0) is 14.8 Å². The monoisotopic (exact) mass is 381 g/mol. The number of primary amides is 1. The number of nitrogens with one attached hydrogen (secondary N) is 2. The summed E-state index contributed by atoms with van der Waals surface area (Å²) in [5.41, 5.74) is 5.85. The molecule has 0 aromatic heterocycles. The third kappa shape index (κ3) is 5.02. The van der Waals surface area contributed by atoms with Gasteiger partial charge in [-0.3, -0.25) is 9.59 Å². The summed E-state index contributed by atoms with van der Waals surface area (Å²) in [6, 6.07) is 10.5. The lowest BCUT2D eigenvalue weighted by molar-refractivity contribution is -0.117. The zero-order chi connectivity index (χ0) is 18.6. The highest BCUT2D eigenvalue weighted by molar-refractivity contribution is 7.89. The van der Waals surface area contributed by atoms with Crippen molar-refractivity contribution in [2.24, 2.45) is 5.73 Å². The third-order valence-electron chi connectivity index (χ3n) is 3.29. The van der Waals surface area contributed by atoms with Gasteiger partial charge in [0.15, 0.2) is 0 Å². The summed E-state index contributed by atoms with van der Waals surface area (Å²) in [5.74, 6) is -1.13. The normalized spacial score (nSPS) is 12.4. The van der Waals surface area contributed by atoms with Gasteiger partial charge in [0.2, 0.25) is 21.8 Å². The number of anilines is 1. The van der Waals surface area contributed by atoms with Crippen LogP contribution >= 0.6 is 11.6 Å². The van der Waals surface area contributed by atoms with Crippen molar-refractivity contribution in [1.82, 2.24) is 4.72 Å². The van der Waals surface area contributed by atoms with Crippen LogP contribution in [0.4, 0.5) is 5.69 Å². The Hall–Kier alpha value is -2.42. The van der Waals surface area contributed by atoms with E-state index in [1.165, 1.54) is 55.5 Å². The van der Waals surface area contributed by atoms with Crippen LogP contribution in [0.1, 0.15) is 17.3 Å². The van der Waals surface area contributed by atoms with Crippen LogP contribution in [-0.4, -0.2) is 26.3 Å². The second kappa shape index (κ2) is 7.64. The Kier molecular flexibility index (Phi) is 5.78. The number of rotatable bonds is 6. The first kappa shape index (κ1) is 18.9. The average molecular weight is 382 g/mol. The van der Waals surface area contributed by atoms with Crippen LogP contribution in [0.5, 0.6) is 0 Å². The number of carbonyl (C=O) groups excluding carboxylic acids is 2. The van der Waals surface area contributed by atoms with E-state index in [2.05, 4.69) is 10.0 Å². The van der Waals surface area contributed by atoms with Crippen molar-refractivity contribution < 1.29 is 18.0 Å². The molecule has 0 aliphatic heterocycles. The van der Waals surface area contributed by atoms with Crippen molar-refractivity contribution in [3.8, 4) is 0 Å². The second-order valence-electron chi connectivity index (χ2n) is 5.23. The predicted octanol–water partition coefficient (Wildman–Crippen LogP) is 1.74. The van der Waals surface area contributed by atoms with Gasteiger partial charge in [-0.2, -0.15) is 4.72 Å². The van der Waals surface area contributed by atoms with E-state index in [-0.39, 0.29) is 4.90 Å². The maximum atomic E-state index is 12.2. The number of amides is 2. The van der Waals surface area contributed by atoms with Gasteiger partial charge in [0.1, 0.15) is 0 Å². The Labute approximate surface area is 150 Å². The standard InChI is InChI=1S/C16H16ClN3O4S/c1-10(20-25(23,24)14-8-4-12(17)5-9-14)16(22)19-13-6-2-11(3-7-13)15(18)21/h2-10,20H,1H3,(H2,18,21)(H,19,22)/t10-/m0/s1. The summed E-state index contributed by atoms with van der Waals surface area (Å²) in [6.07, 6.45) is 0. The zero-order valence-corrected chi connectivity index (χ0v) is 14.8. The van der Waals surface area contributed by atoms with Gasteiger partial charge in [0.05, 0.1) is 10.9 Å². The predicted molar refractivity (Wildman–Crippen MR) is 94.8 cm³/mol. The highest BCUT2D eigenvalue weighted by Crippen LogP contribution is 2.15. The van der Waals surface area contributed by atoms with Crippen LogP contribution < -0.4 is 15.8 Å². The summed E-state index contributed by atoms with van der Waals surface area (Å²) in [6.45, 7) is 1.42. The van der Waals surface area contributed by atoms with Crippen molar-refractivity contribution >= 4 is 39.1 Å². The largest absolute Gasteiger partial charge is 0.366 e. The summed E-state index contributed by atoms with van der Waals surface area (Å²) in [4.78, 5) is 23.2. The fraction of sp³-hybridized carbons (Fsp3) is 0.125. The molecule has 0 radical (unpaired) electrons. The lowest BCUT2D eigenvalue weighted by Gasteiger charge is -2.14. The van der Waals surface area contributed by atoms with Crippen molar-refractivity contribution in [2.45, 2.75) is 17.9 Å². The van der Waals surface area contributed by atoms with E-state index in [0.717, 1.165) is 0 Å². The Bertz CT molecular complexity index is 881. The number of sulfonamides is 1. The van der Waals surface area contributed by atoms with Gasteiger partial charge in [-0.1, -0.05) is 11.6 Å². The SMILES string of the molecule is C[C@H](NS(=O)(=O)c1ccc(Cl)cc1)C(=O)Nc1ccc(C(N)=O)cc1. The minimum absolute atomic E-state index is 0.00219. The topological polar surface area (TPSA) is 118 Å². The number of nitrogens with two attached hydrogens (primary N) is 1.